The summed E-state index contributed by atoms with van der Waals surface area (Å²) in [5.41, 5.74) is 0.838. The van der Waals surface area contributed by atoms with Gasteiger partial charge in [0.2, 0.25) is 0 Å². The van der Waals surface area contributed by atoms with Crippen LogP contribution < -0.4 is 5.32 Å². The molecule has 1 N–H and O–H groups in total. The molecular weight excluding hydrogens is 240 g/mol. The van der Waals surface area contributed by atoms with Crippen LogP contribution in [0.5, 0.6) is 0 Å². The normalized spacial score (nSPS) is 17.5. The molecule has 0 spiro atoms. The average molecular weight is 251 g/mol. The van der Waals surface area contributed by atoms with Crippen LogP contribution in [0.1, 0.15) is 5.56 Å². The van der Waals surface area contributed by atoms with Crippen LogP contribution in [0.15, 0.2) is 29.4 Å². The zero-order valence-electron chi connectivity index (χ0n) is 9.38. The fourth-order valence-electron chi connectivity index (χ4n) is 1.43. The van der Waals surface area contributed by atoms with Crippen molar-refractivity contribution < 1.29 is 9.52 Å². The van der Waals surface area contributed by atoms with Gasteiger partial charge in [0.15, 0.2) is 5.84 Å². The van der Waals surface area contributed by atoms with Crippen molar-refractivity contribution >= 4 is 28.9 Å². The molecule has 0 aromatic heterocycles. The molecule has 1 aromatic carbocycles. The molecule has 0 saturated carbocycles. The highest BCUT2D eigenvalue weighted by Gasteiger charge is 2.32. The van der Waals surface area contributed by atoms with Crippen LogP contribution in [0, 0.1) is 10.1 Å². The summed E-state index contributed by atoms with van der Waals surface area (Å²) in [7, 11) is 3.71. The predicted octanol–water partition coefficient (Wildman–Crippen LogP) is 1.22. The minimum Gasteiger partial charge on any atom is -0.278 e. The number of quaternary nitrogens is 1. The number of thiocarbonyl (C=S) groups is 1. The van der Waals surface area contributed by atoms with Gasteiger partial charge < -0.3 is 0 Å². The summed E-state index contributed by atoms with van der Waals surface area (Å²) < 4.78 is 0.238. The smallest absolute Gasteiger partial charge is 0.278 e. The predicted molar refractivity (Wildman–Crippen MR) is 67.5 cm³/mol. The number of nitro benzene ring substituents is 1. The quantitative estimate of drug-likeness (QED) is 0.371. The molecule has 0 amide bonds. The third-order valence-corrected chi connectivity index (χ3v) is 2.97. The van der Waals surface area contributed by atoms with Crippen LogP contribution in [-0.2, 0) is 0 Å². The van der Waals surface area contributed by atoms with Gasteiger partial charge in [0.1, 0.15) is 14.1 Å². The number of nitrogens with one attached hydrogen (secondary N) is 1. The first-order valence-corrected chi connectivity index (χ1v) is 5.31. The third-order valence-electron chi connectivity index (χ3n) is 2.42. The SMILES string of the molecule is C[N+]1(C)N=C(c2ccc([N+](=O)[O-])cc2)NC1=S. The number of nitrogens with zero attached hydrogens (tertiary/aromatic N) is 3. The number of hydrogen-bond acceptors (Lipinski definition) is 4. The van der Waals surface area contributed by atoms with Gasteiger partial charge in [0.05, 0.1) is 4.92 Å². The number of nitro groups is 1. The summed E-state index contributed by atoms with van der Waals surface area (Å²) in [5.74, 6) is 0.634. The Bertz CT molecular complexity index is 522. The third kappa shape index (κ3) is 2.15. The Kier molecular flexibility index (Phi) is 2.64. The van der Waals surface area contributed by atoms with Gasteiger partial charge in [-0.15, -0.1) is 4.59 Å². The molecule has 1 heterocycles. The summed E-state index contributed by atoms with van der Waals surface area (Å²) >= 11 is 5.14. The highest BCUT2D eigenvalue weighted by atomic mass is 32.1. The molecule has 0 unspecified atom stereocenters. The van der Waals surface area contributed by atoms with Crippen molar-refractivity contribution in [1.29, 1.82) is 0 Å². The molecule has 2 rings (SSSR count). The van der Waals surface area contributed by atoms with Crippen LogP contribution in [0.2, 0.25) is 0 Å². The van der Waals surface area contributed by atoms with Crippen molar-refractivity contribution in [3.05, 3.63) is 39.9 Å². The molecule has 0 saturated heterocycles. The number of hydrogen-bond donors (Lipinski definition) is 1. The summed E-state index contributed by atoms with van der Waals surface area (Å²) in [6.07, 6.45) is 0. The fraction of sp³-hybridized carbons (Fsp3) is 0.200. The first-order chi connectivity index (χ1) is 7.90. The number of benzene rings is 1. The van der Waals surface area contributed by atoms with Gasteiger partial charge in [-0.3, -0.25) is 15.4 Å². The van der Waals surface area contributed by atoms with E-state index in [-0.39, 0.29) is 10.3 Å². The average Bonchev–Trinajstić information content (AvgIpc) is 2.54. The molecule has 88 valence electrons. The molecule has 6 nitrogen and oxygen atoms in total. The van der Waals surface area contributed by atoms with Crippen molar-refractivity contribution in [2.75, 3.05) is 14.1 Å². The Morgan fingerprint density at radius 1 is 1.35 bits per heavy atom. The summed E-state index contributed by atoms with van der Waals surface area (Å²) in [5, 5.41) is 18.5. The lowest BCUT2D eigenvalue weighted by molar-refractivity contribution is -0.801. The second-order valence-electron chi connectivity index (χ2n) is 4.08. The zero-order valence-corrected chi connectivity index (χ0v) is 10.2. The molecule has 0 bridgehead atoms. The lowest BCUT2D eigenvalue weighted by Gasteiger charge is -2.13. The van der Waals surface area contributed by atoms with E-state index in [1.165, 1.54) is 12.1 Å². The molecule has 1 aliphatic heterocycles. The fourth-order valence-corrected chi connectivity index (χ4v) is 1.57. The number of amidine groups is 1. The lowest BCUT2D eigenvalue weighted by Crippen LogP contribution is -2.40. The van der Waals surface area contributed by atoms with E-state index in [1.807, 2.05) is 14.1 Å². The number of non-ortho nitro benzene ring substituents is 1. The Morgan fingerprint density at radius 2 is 1.94 bits per heavy atom. The largest absolute Gasteiger partial charge is 0.302 e. The maximum absolute atomic E-state index is 10.5. The Labute approximate surface area is 103 Å². The summed E-state index contributed by atoms with van der Waals surface area (Å²) in [4.78, 5) is 10.1. The minimum absolute atomic E-state index is 0.0590. The maximum atomic E-state index is 10.5. The van der Waals surface area contributed by atoms with Crippen LogP contribution >= 0.6 is 12.2 Å². The van der Waals surface area contributed by atoms with Gasteiger partial charge in [-0.25, -0.2) is 0 Å². The van der Waals surface area contributed by atoms with Crippen LogP contribution in [0.4, 0.5) is 5.69 Å². The molecule has 0 aliphatic carbocycles. The first kappa shape index (κ1) is 11.6. The van der Waals surface area contributed by atoms with Crippen molar-refractivity contribution in [1.82, 2.24) is 5.32 Å². The van der Waals surface area contributed by atoms with E-state index >= 15 is 0 Å². The van der Waals surface area contributed by atoms with Crippen LogP contribution in [0.3, 0.4) is 0 Å². The second kappa shape index (κ2) is 3.86. The molecule has 7 heteroatoms. The van der Waals surface area contributed by atoms with Crippen LogP contribution in [-0.4, -0.2) is 34.6 Å². The second-order valence-corrected chi connectivity index (χ2v) is 4.46. The molecule has 0 radical (unpaired) electrons. The number of rotatable bonds is 2. The Balaban J connectivity index is 2.31. The zero-order chi connectivity index (χ0) is 12.6. The highest BCUT2D eigenvalue weighted by Crippen LogP contribution is 2.16. The van der Waals surface area contributed by atoms with Gasteiger partial charge in [-0.2, -0.15) is 0 Å². The van der Waals surface area contributed by atoms with E-state index < -0.39 is 4.92 Å². The molecule has 0 atom stereocenters. The molecule has 1 aliphatic rings. The Morgan fingerprint density at radius 3 is 2.35 bits per heavy atom. The van der Waals surface area contributed by atoms with Crippen molar-refractivity contribution in [3.63, 3.8) is 0 Å². The van der Waals surface area contributed by atoms with E-state index in [0.717, 1.165) is 5.56 Å². The van der Waals surface area contributed by atoms with E-state index in [2.05, 4.69) is 10.4 Å². The lowest BCUT2D eigenvalue weighted by atomic mass is 10.2. The monoisotopic (exact) mass is 251 g/mol. The Hall–Kier alpha value is -1.86. The minimum atomic E-state index is -0.432. The standard InChI is InChI=1S/C10H10N4O2S/c1-14(2)10(17)11-9(12-14)7-3-5-8(6-4-7)13(15)16/h3-6H,1-2H3/p+1. The molecule has 0 fully saturated rings. The summed E-state index contributed by atoms with van der Waals surface area (Å²) in [6.45, 7) is 0. The van der Waals surface area contributed by atoms with E-state index in [1.54, 1.807) is 12.1 Å². The van der Waals surface area contributed by atoms with E-state index in [4.69, 9.17) is 12.2 Å². The van der Waals surface area contributed by atoms with E-state index in [9.17, 15) is 10.1 Å². The molecule has 17 heavy (non-hydrogen) atoms. The highest BCUT2D eigenvalue weighted by molar-refractivity contribution is 7.80. The molecular formula is C10H11N4O2S+. The van der Waals surface area contributed by atoms with Gasteiger partial charge in [0, 0.05) is 29.9 Å². The van der Waals surface area contributed by atoms with Gasteiger partial charge in [-0.1, -0.05) is 5.10 Å². The van der Waals surface area contributed by atoms with Gasteiger partial charge in [-0.05, 0) is 12.1 Å². The molecule has 1 aromatic rings. The van der Waals surface area contributed by atoms with E-state index in [0.29, 0.717) is 10.9 Å². The van der Waals surface area contributed by atoms with Gasteiger partial charge >= 0.3 is 5.11 Å². The first-order valence-electron chi connectivity index (χ1n) is 4.91. The van der Waals surface area contributed by atoms with Crippen molar-refractivity contribution in [2.45, 2.75) is 0 Å². The van der Waals surface area contributed by atoms with Gasteiger partial charge in [0.25, 0.3) is 5.69 Å². The van der Waals surface area contributed by atoms with Crippen molar-refractivity contribution in [3.8, 4) is 0 Å². The maximum Gasteiger partial charge on any atom is 0.302 e. The van der Waals surface area contributed by atoms with Crippen molar-refractivity contribution in [2.24, 2.45) is 5.10 Å². The van der Waals surface area contributed by atoms with Crippen LogP contribution in [0.25, 0.3) is 0 Å². The topological polar surface area (TPSA) is 67.5 Å². The summed E-state index contributed by atoms with van der Waals surface area (Å²) in [6, 6.07) is 6.19.